The highest BCUT2D eigenvalue weighted by Gasteiger charge is 2.09. The van der Waals surface area contributed by atoms with Gasteiger partial charge in [0.15, 0.2) is 18.1 Å². The van der Waals surface area contributed by atoms with Crippen molar-refractivity contribution in [2.75, 3.05) is 19.0 Å². The molecule has 0 aliphatic rings. The molecule has 2 amide bonds. The number of nitrogens with one attached hydrogen (secondary N) is 2. The first-order chi connectivity index (χ1) is 15.0. The van der Waals surface area contributed by atoms with Gasteiger partial charge in [-0.05, 0) is 55.0 Å². The number of benzene rings is 2. The van der Waals surface area contributed by atoms with E-state index in [0.29, 0.717) is 28.3 Å². The normalized spacial score (nSPS) is 10.5. The fraction of sp³-hybridized carbons (Fsp3) is 0.130. The molecule has 0 spiro atoms. The Hall–Kier alpha value is -4.20. The lowest BCUT2D eigenvalue weighted by Crippen LogP contribution is -2.20. The van der Waals surface area contributed by atoms with E-state index in [-0.39, 0.29) is 18.4 Å². The second-order valence-electron chi connectivity index (χ2n) is 6.55. The number of aryl methyl sites for hydroxylation is 1. The minimum absolute atomic E-state index is 0.167. The topological polar surface area (TPSA) is 102 Å². The van der Waals surface area contributed by atoms with Gasteiger partial charge in [-0.25, -0.2) is 5.43 Å². The first kappa shape index (κ1) is 21.5. The first-order valence-corrected chi connectivity index (χ1v) is 9.46. The van der Waals surface area contributed by atoms with Gasteiger partial charge < -0.3 is 14.8 Å². The average Bonchev–Trinajstić information content (AvgIpc) is 2.80. The van der Waals surface area contributed by atoms with Gasteiger partial charge in [0.1, 0.15) is 0 Å². The van der Waals surface area contributed by atoms with Crippen LogP contribution >= 0.6 is 0 Å². The average molecular weight is 418 g/mol. The van der Waals surface area contributed by atoms with Crippen LogP contribution in [0.4, 0.5) is 5.69 Å². The number of hydrazone groups is 1. The Morgan fingerprint density at radius 3 is 2.48 bits per heavy atom. The number of anilines is 1. The highest BCUT2D eigenvalue weighted by atomic mass is 16.5. The van der Waals surface area contributed by atoms with Gasteiger partial charge in [-0.2, -0.15) is 5.10 Å². The number of hydrogen-bond donors (Lipinski definition) is 2. The fourth-order valence-corrected chi connectivity index (χ4v) is 2.59. The SMILES string of the molecule is COc1cc(/C=N\NC(=O)c2ccncc2)ccc1OCC(=O)Nc1ccc(C)cc1. The number of nitrogens with zero attached hydrogens (tertiary/aromatic N) is 2. The summed E-state index contributed by atoms with van der Waals surface area (Å²) in [7, 11) is 1.50. The predicted octanol–water partition coefficient (Wildman–Crippen LogP) is 3.18. The summed E-state index contributed by atoms with van der Waals surface area (Å²) in [5.74, 6) is 0.229. The van der Waals surface area contributed by atoms with Crippen LogP contribution in [0.1, 0.15) is 21.5 Å². The van der Waals surface area contributed by atoms with E-state index in [4.69, 9.17) is 9.47 Å². The molecular weight excluding hydrogens is 396 g/mol. The molecule has 8 nitrogen and oxygen atoms in total. The molecule has 0 bridgehead atoms. The maximum Gasteiger partial charge on any atom is 0.271 e. The van der Waals surface area contributed by atoms with Crippen molar-refractivity contribution >= 4 is 23.7 Å². The van der Waals surface area contributed by atoms with Crippen molar-refractivity contribution in [3.8, 4) is 11.5 Å². The van der Waals surface area contributed by atoms with Gasteiger partial charge in [-0.15, -0.1) is 0 Å². The molecule has 0 fully saturated rings. The van der Waals surface area contributed by atoms with E-state index in [1.165, 1.54) is 25.7 Å². The van der Waals surface area contributed by atoms with Crippen molar-refractivity contribution < 1.29 is 19.1 Å². The summed E-state index contributed by atoms with van der Waals surface area (Å²) < 4.78 is 10.9. The standard InChI is InChI=1S/C23H22N4O4/c1-16-3-6-19(7-4-16)26-22(28)15-31-20-8-5-17(13-21(20)30-2)14-25-27-23(29)18-9-11-24-12-10-18/h3-14H,15H2,1-2H3,(H,26,28)(H,27,29)/b25-14-. The van der Waals surface area contributed by atoms with Crippen LogP contribution in [0.5, 0.6) is 11.5 Å². The molecule has 8 heteroatoms. The van der Waals surface area contributed by atoms with Crippen LogP contribution < -0.4 is 20.2 Å². The van der Waals surface area contributed by atoms with Crippen LogP contribution in [0.2, 0.25) is 0 Å². The minimum atomic E-state index is -0.342. The van der Waals surface area contributed by atoms with Gasteiger partial charge in [-0.1, -0.05) is 17.7 Å². The van der Waals surface area contributed by atoms with Crippen LogP contribution in [0.3, 0.4) is 0 Å². The third-order valence-electron chi connectivity index (χ3n) is 4.20. The summed E-state index contributed by atoms with van der Waals surface area (Å²) in [5.41, 5.74) is 5.39. The Bertz CT molecular complexity index is 1070. The van der Waals surface area contributed by atoms with Crippen LogP contribution in [0.15, 0.2) is 72.1 Å². The summed E-state index contributed by atoms with van der Waals surface area (Å²) >= 11 is 0. The summed E-state index contributed by atoms with van der Waals surface area (Å²) in [4.78, 5) is 28.0. The second-order valence-corrected chi connectivity index (χ2v) is 6.55. The Morgan fingerprint density at radius 1 is 1.03 bits per heavy atom. The van der Waals surface area contributed by atoms with Gasteiger partial charge >= 0.3 is 0 Å². The lowest BCUT2D eigenvalue weighted by Gasteiger charge is -2.11. The number of methoxy groups -OCH3 is 1. The number of carbonyl (C=O) groups is 2. The summed E-state index contributed by atoms with van der Waals surface area (Å²) in [6.07, 6.45) is 4.54. The first-order valence-electron chi connectivity index (χ1n) is 9.46. The molecule has 0 saturated heterocycles. The van der Waals surface area contributed by atoms with Crippen molar-refractivity contribution in [1.29, 1.82) is 0 Å². The molecule has 31 heavy (non-hydrogen) atoms. The highest BCUT2D eigenvalue weighted by Crippen LogP contribution is 2.27. The zero-order valence-corrected chi connectivity index (χ0v) is 17.2. The Kier molecular flexibility index (Phi) is 7.31. The number of hydrogen-bond acceptors (Lipinski definition) is 6. The number of carbonyl (C=O) groups excluding carboxylic acids is 2. The van der Waals surface area contributed by atoms with Crippen molar-refractivity contribution in [2.24, 2.45) is 5.10 Å². The van der Waals surface area contributed by atoms with E-state index in [0.717, 1.165) is 5.56 Å². The van der Waals surface area contributed by atoms with Crippen molar-refractivity contribution in [3.05, 3.63) is 83.7 Å². The van der Waals surface area contributed by atoms with Crippen molar-refractivity contribution in [1.82, 2.24) is 10.4 Å². The zero-order valence-electron chi connectivity index (χ0n) is 17.2. The molecule has 1 heterocycles. The monoisotopic (exact) mass is 418 g/mol. The number of pyridine rings is 1. The minimum Gasteiger partial charge on any atom is -0.493 e. The molecule has 0 unspecified atom stereocenters. The Balaban J connectivity index is 1.56. The summed E-state index contributed by atoms with van der Waals surface area (Å²) in [5, 5.41) is 6.71. The molecule has 0 saturated carbocycles. The van der Waals surface area contributed by atoms with Gasteiger partial charge in [0.25, 0.3) is 11.8 Å². The van der Waals surface area contributed by atoms with Crippen LogP contribution in [0.25, 0.3) is 0 Å². The quantitative estimate of drug-likeness (QED) is 0.432. The van der Waals surface area contributed by atoms with Gasteiger partial charge in [-0.3, -0.25) is 14.6 Å². The maximum absolute atomic E-state index is 12.1. The van der Waals surface area contributed by atoms with Crippen LogP contribution in [-0.2, 0) is 4.79 Å². The molecule has 1 aromatic heterocycles. The lowest BCUT2D eigenvalue weighted by atomic mass is 10.2. The molecule has 158 valence electrons. The third kappa shape index (κ3) is 6.40. The molecule has 3 rings (SSSR count). The second kappa shape index (κ2) is 10.5. The van der Waals surface area contributed by atoms with E-state index < -0.39 is 0 Å². The molecule has 0 atom stereocenters. The molecule has 0 aliphatic carbocycles. The van der Waals surface area contributed by atoms with E-state index in [9.17, 15) is 9.59 Å². The van der Waals surface area contributed by atoms with E-state index >= 15 is 0 Å². The number of amides is 2. The third-order valence-corrected chi connectivity index (χ3v) is 4.20. The fourth-order valence-electron chi connectivity index (χ4n) is 2.59. The number of aromatic nitrogens is 1. The zero-order chi connectivity index (χ0) is 22.1. The maximum atomic E-state index is 12.1. The van der Waals surface area contributed by atoms with E-state index in [2.05, 4.69) is 20.8 Å². The van der Waals surface area contributed by atoms with E-state index in [1.54, 1.807) is 30.3 Å². The van der Waals surface area contributed by atoms with E-state index in [1.807, 2.05) is 31.2 Å². The Labute approximate surface area is 179 Å². The smallest absolute Gasteiger partial charge is 0.271 e. The number of ether oxygens (including phenoxy) is 2. The largest absolute Gasteiger partial charge is 0.493 e. The summed E-state index contributed by atoms with van der Waals surface area (Å²) in [6.45, 7) is 1.81. The van der Waals surface area contributed by atoms with Crippen molar-refractivity contribution in [3.63, 3.8) is 0 Å². The van der Waals surface area contributed by atoms with Gasteiger partial charge in [0.2, 0.25) is 0 Å². The van der Waals surface area contributed by atoms with Crippen molar-refractivity contribution in [2.45, 2.75) is 6.92 Å². The molecule has 3 aromatic rings. The van der Waals surface area contributed by atoms with Crippen LogP contribution in [-0.4, -0.2) is 36.7 Å². The predicted molar refractivity (Wildman–Crippen MR) is 118 cm³/mol. The Morgan fingerprint density at radius 2 is 1.77 bits per heavy atom. The molecule has 0 radical (unpaired) electrons. The summed E-state index contributed by atoms with van der Waals surface area (Å²) in [6, 6.07) is 15.8. The lowest BCUT2D eigenvalue weighted by molar-refractivity contribution is -0.118. The highest BCUT2D eigenvalue weighted by molar-refractivity contribution is 5.94. The van der Waals surface area contributed by atoms with Crippen LogP contribution in [0, 0.1) is 6.92 Å². The number of rotatable bonds is 8. The van der Waals surface area contributed by atoms with Gasteiger partial charge in [0.05, 0.1) is 13.3 Å². The molecule has 2 aromatic carbocycles. The van der Waals surface area contributed by atoms with Gasteiger partial charge in [0, 0.05) is 23.6 Å². The molecule has 2 N–H and O–H groups in total. The molecule has 0 aliphatic heterocycles. The molecular formula is C23H22N4O4.